The quantitative estimate of drug-likeness (QED) is 0.600. The van der Waals surface area contributed by atoms with Crippen LogP contribution in [-0.4, -0.2) is 13.2 Å². The van der Waals surface area contributed by atoms with E-state index in [1.807, 2.05) is 0 Å². The van der Waals surface area contributed by atoms with Gasteiger partial charge in [-0.05, 0) is 24.0 Å². The molecule has 1 aromatic rings. The van der Waals surface area contributed by atoms with E-state index in [0.717, 1.165) is 26.1 Å². The Hall–Kier alpha value is -0.900. The van der Waals surface area contributed by atoms with Crippen molar-refractivity contribution >= 4 is 0 Å². The molecule has 0 amide bonds. The van der Waals surface area contributed by atoms with Gasteiger partial charge in [-0.25, -0.2) is 0 Å². The van der Waals surface area contributed by atoms with E-state index in [-0.39, 0.29) is 6.04 Å². The van der Waals surface area contributed by atoms with Crippen LogP contribution in [0.5, 0.6) is 0 Å². The predicted octanol–water partition coefficient (Wildman–Crippen LogP) is 1.79. The molecule has 0 radical (unpaired) electrons. The van der Waals surface area contributed by atoms with E-state index >= 15 is 0 Å². The van der Waals surface area contributed by atoms with Crippen LogP contribution in [-0.2, 0) is 11.2 Å². The number of aryl methyl sites for hydroxylation is 1. The van der Waals surface area contributed by atoms with Crippen molar-refractivity contribution in [1.82, 2.24) is 5.43 Å². The van der Waals surface area contributed by atoms with E-state index in [1.165, 1.54) is 11.1 Å². The molecule has 2 atom stereocenters. The van der Waals surface area contributed by atoms with E-state index in [0.29, 0.717) is 5.92 Å². The Bertz CT molecular complexity index is 317. The third-order valence-electron chi connectivity index (χ3n) is 3.36. The lowest BCUT2D eigenvalue weighted by atomic mass is 9.92. The molecule has 2 unspecified atom stereocenters. The fraction of sp³-hybridized carbons (Fsp3) is 0.538. The number of hydrogen-bond donors (Lipinski definition) is 2. The highest BCUT2D eigenvalue weighted by atomic mass is 16.5. The second kappa shape index (κ2) is 5.43. The molecular weight excluding hydrogens is 200 g/mol. The van der Waals surface area contributed by atoms with Crippen molar-refractivity contribution in [3.8, 4) is 0 Å². The van der Waals surface area contributed by atoms with Crippen LogP contribution in [0, 0.1) is 5.92 Å². The van der Waals surface area contributed by atoms with Crippen LogP contribution < -0.4 is 11.3 Å². The summed E-state index contributed by atoms with van der Waals surface area (Å²) in [6, 6.07) is 8.90. The Morgan fingerprint density at radius 1 is 1.44 bits per heavy atom. The number of benzene rings is 1. The summed E-state index contributed by atoms with van der Waals surface area (Å²) in [6.45, 7) is 3.83. The van der Waals surface area contributed by atoms with Crippen molar-refractivity contribution < 1.29 is 4.74 Å². The van der Waals surface area contributed by atoms with E-state index in [2.05, 4.69) is 36.6 Å². The van der Waals surface area contributed by atoms with Crippen LogP contribution in [0.2, 0.25) is 0 Å². The van der Waals surface area contributed by atoms with Crippen LogP contribution in [0.25, 0.3) is 0 Å². The maximum atomic E-state index is 5.65. The van der Waals surface area contributed by atoms with Gasteiger partial charge in [0.05, 0.1) is 12.6 Å². The van der Waals surface area contributed by atoms with Crippen LogP contribution >= 0.6 is 0 Å². The minimum atomic E-state index is 0.216. The lowest BCUT2D eigenvalue weighted by Crippen LogP contribution is -2.33. The molecule has 3 heteroatoms. The van der Waals surface area contributed by atoms with Crippen molar-refractivity contribution in [3.63, 3.8) is 0 Å². The first-order valence-corrected chi connectivity index (χ1v) is 5.98. The molecule has 1 saturated heterocycles. The molecule has 1 heterocycles. The highest BCUT2D eigenvalue weighted by Crippen LogP contribution is 2.28. The second-order valence-electron chi connectivity index (χ2n) is 4.36. The third-order valence-corrected chi connectivity index (χ3v) is 3.36. The molecule has 1 aromatic carbocycles. The van der Waals surface area contributed by atoms with Gasteiger partial charge < -0.3 is 4.74 Å². The number of hydrazine groups is 1. The normalized spacial score (nSPS) is 22.2. The van der Waals surface area contributed by atoms with Crippen LogP contribution in [0.1, 0.15) is 30.5 Å². The summed E-state index contributed by atoms with van der Waals surface area (Å²) < 4.78 is 5.41. The summed E-state index contributed by atoms with van der Waals surface area (Å²) in [6.07, 6.45) is 2.16. The number of ether oxygens (including phenoxy) is 1. The van der Waals surface area contributed by atoms with Gasteiger partial charge in [0, 0.05) is 12.5 Å². The Labute approximate surface area is 97.0 Å². The molecule has 0 aromatic heterocycles. The van der Waals surface area contributed by atoms with Crippen LogP contribution in [0.3, 0.4) is 0 Å². The summed E-state index contributed by atoms with van der Waals surface area (Å²) >= 11 is 0. The van der Waals surface area contributed by atoms with Crippen molar-refractivity contribution in [2.45, 2.75) is 25.8 Å². The predicted molar refractivity (Wildman–Crippen MR) is 64.8 cm³/mol. The highest BCUT2D eigenvalue weighted by Gasteiger charge is 2.25. The summed E-state index contributed by atoms with van der Waals surface area (Å²) in [5, 5.41) is 0. The molecular formula is C13H20N2O. The maximum Gasteiger partial charge on any atom is 0.0513 e. The second-order valence-corrected chi connectivity index (χ2v) is 4.36. The molecule has 1 aliphatic rings. The van der Waals surface area contributed by atoms with Crippen LogP contribution in [0.15, 0.2) is 24.3 Å². The van der Waals surface area contributed by atoms with Crippen molar-refractivity contribution in [2.75, 3.05) is 13.2 Å². The third kappa shape index (κ3) is 2.43. The Morgan fingerprint density at radius 2 is 2.19 bits per heavy atom. The summed E-state index contributed by atoms with van der Waals surface area (Å²) in [4.78, 5) is 0. The topological polar surface area (TPSA) is 47.3 Å². The molecule has 1 fully saturated rings. The van der Waals surface area contributed by atoms with Gasteiger partial charge in [0.1, 0.15) is 0 Å². The Kier molecular flexibility index (Phi) is 3.93. The maximum absolute atomic E-state index is 5.65. The monoisotopic (exact) mass is 220 g/mol. The van der Waals surface area contributed by atoms with Crippen molar-refractivity contribution in [2.24, 2.45) is 11.8 Å². The Morgan fingerprint density at radius 3 is 2.69 bits per heavy atom. The first-order valence-electron chi connectivity index (χ1n) is 5.98. The highest BCUT2D eigenvalue weighted by molar-refractivity contribution is 5.25. The fourth-order valence-corrected chi connectivity index (χ4v) is 2.28. The smallest absolute Gasteiger partial charge is 0.0513 e. The average Bonchev–Trinajstić information content (AvgIpc) is 2.85. The standard InChI is InChI=1S/C13H20N2O/c1-2-10-3-5-11(6-4-10)13(15-14)12-7-8-16-9-12/h3-6,12-13,15H,2,7-9,14H2,1H3. The minimum Gasteiger partial charge on any atom is -0.381 e. The van der Waals surface area contributed by atoms with Gasteiger partial charge in [0.25, 0.3) is 0 Å². The van der Waals surface area contributed by atoms with E-state index < -0.39 is 0 Å². The van der Waals surface area contributed by atoms with E-state index in [9.17, 15) is 0 Å². The molecule has 3 nitrogen and oxygen atoms in total. The van der Waals surface area contributed by atoms with Crippen LogP contribution in [0.4, 0.5) is 0 Å². The molecule has 3 N–H and O–H groups in total. The number of nitrogens with one attached hydrogen (secondary N) is 1. The zero-order chi connectivity index (χ0) is 11.4. The molecule has 16 heavy (non-hydrogen) atoms. The van der Waals surface area contributed by atoms with Gasteiger partial charge >= 0.3 is 0 Å². The van der Waals surface area contributed by atoms with Gasteiger partial charge in [-0.15, -0.1) is 0 Å². The summed E-state index contributed by atoms with van der Waals surface area (Å²) in [5.41, 5.74) is 5.54. The molecule has 2 rings (SSSR count). The number of rotatable bonds is 4. The van der Waals surface area contributed by atoms with Gasteiger partial charge in [0.15, 0.2) is 0 Å². The van der Waals surface area contributed by atoms with Crippen molar-refractivity contribution in [1.29, 1.82) is 0 Å². The lowest BCUT2D eigenvalue weighted by molar-refractivity contribution is 0.177. The fourth-order valence-electron chi connectivity index (χ4n) is 2.28. The van der Waals surface area contributed by atoms with Crippen molar-refractivity contribution in [3.05, 3.63) is 35.4 Å². The first-order chi connectivity index (χ1) is 7.85. The Balaban J connectivity index is 2.12. The van der Waals surface area contributed by atoms with E-state index in [1.54, 1.807) is 0 Å². The minimum absolute atomic E-state index is 0.216. The van der Waals surface area contributed by atoms with E-state index in [4.69, 9.17) is 10.6 Å². The molecule has 0 saturated carbocycles. The molecule has 0 spiro atoms. The molecule has 0 aliphatic carbocycles. The zero-order valence-corrected chi connectivity index (χ0v) is 9.78. The summed E-state index contributed by atoms with van der Waals surface area (Å²) in [5.74, 6) is 6.15. The number of hydrogen-bond acceptors (Lipinski definition) is 3. The first kappa shape index (κ1) is 11.6. The van der Waals surface area contributed by atoms with Gasteiger partial charge in [-0.2, -0.15) is 0 Å². The molecule has 1 aliphatic heterocycles. The molecule has 0 bridgehead atoms. The molecule has 88 valence electrons. The van der Waals surface area contributed by atoms with Gasteiger partial charge in [0.2, 0.25) is 0 Å². The van der Waals surface area contributed by atoms with Gasteiger partial charge in [-0.1, -0.05) is 31.2 Å². The van der Waals surface area contributed by atoms with Gasteiger partial charge in [-0.3, -0.25) is 11.3 Å². The largest absolute Gasteiger partial charge is 0.381 e. The average molecular weight is 220 g/mol. The summed E-state index contributed by atoms with van der Waals surface area (Å²) in [7, 11) is 0. The zero-order valence-electron chi connectivity index (χ0n) is 9.78. The number of nitrogens with two attached hydrogens (primary N) is 1. The SMILES string of the molecule is CCc1ccc(C(NN)C2CCOC2)cc1. The lowest BCUT2D eigenvalue weighted by Gasteiger charge is -2.22.